The van der Waals surface area contributed by atoms with Crippen LogP contribution >= 0.6 is 0 Å². The van der Waals surface area contributed by atoms with Gasteiger partial charge in [-0.15, -0.1) is 0 Å². The number of ether oxygens (including phenoxy) is 2. The summed E-state index contributed by atoms with van der Waals surface area (Å²) in [7, 11) is 2.84. The van der Waals surface area contributed by atoms with E-state index >= 15 is 0 Å². The van der Waals surface area contributed by atoms with Gasteiger partial charge in [0.1, 0.15) is 11.2 Å². The number of esters is 1. The predicted octanol–water partition coefficient (Wildman–Crippen LogP) is 2.39. The van der Waals surface area contributed by atoms with E-state index in [4.69, 9.17) is 9.47 Å². The maximum atomic E-state index is 12.6. The van der Waals surface area contributed by atoms with E-state index in [-0.39, 0.29) is 5.78 Å². The van der Waals surface area contributed by atoms with Crippen molar-refractivity contribution >= 4 is 11.8 Å². The Morgan fingerprint density at radius 1 is 1.26 bits per heavy atom. The molecule has 1 aromatic carbocycles. The van der Waals surface area contributed by atoms with Crippen LogP contribution in [-0.4, -0.2) is 26.0 Å². The van der Waals surface area contributed by atoms with Gasteiger partial charge >= 0.3 is 5.97 Å². The molecule has 0 saturated heterocycles. The molecule has 19 heavy (non-hydrogen) atoms. The molecule has 0 aliphatic heterocycles. The summed E-state index contributed by atoms with van der Waals surface area (Å²) in [6, 6.07) is 5.51. The van der Waals surface area contributed by atoms with Gasteiger partial charge in [-0.2, -0.15) is 0 Å². The molecule has 0 spiro atoms. The number of carbonyl (C=O) groups is 2. The molecule has 0 heterocycles. The molecule has 1 fully saturated rings. The van der Waals surface area contributed by atoms with Crippen LogP contribution in [0, 0.1) is 5.41 Å². The van der Waals surface area contributed by atoms with E-state index in [0.29, 0.717) is 24.2 Å². The van der Waals surface area contributed by atoms with Crippen molar-refractivity contribution in [2.24, 2.45) is 5.41 Å². The molecule has 1 aliphatic rings. The SMILES string of the molecule is CCc1ccc(OC)c(C(=O)C2(C(=O)OC)CC2)c1. The minimum atomic E-state index is -0.978. The number of benzene rings is 1. The van der Waals surface area contributed by atoms with E-state index in [1.54, 1.807) is 6.07 Å². The van der Waals surface area contributed by atoms with Crippen LogP contribution < -0.4 is 4.74 Å². The van der Waals surface area contributed by atoms with Crippen molar-refractivity contribution in [3.63, 3.8) is 0 Å². The van der Waals surface area contributed by atoms with Crippen LogP contribution in [0.5, 0.6) is 5.75 Å². The fraction of sp³-hybridized carbons (Fsp3) is 0.467. The number of ketones is 1. The molecule has 0 radical (unpaired) electrons. The van der Waals surface area contributed by atoms with Crippen molar-refractivity contribution in [1.29, 1.82) is 0 Å². The van der Waals surface area contributed by atoms with Gasteiger partial charge in [-0.3, -0.25) is 9.59 Å². The first kappa shape index (κ1) is 13.6. The summed E-state index contributed by atoms with van der Waals surface area (Å²) in [6.45, 7) is 2.02. The number of carbonyl (C=O) groups excluding carboxylic acids is 2. The monoisotopic (exact) mass is 262 g/mol. The zero-order chi connectivity index (χ0) is 14.0. The fourth-order valence-corrected chi connectivity index (χ4v) is 2.25. The standard InChI is InChI=1S/C15H18O4/c1-4-10-5-6-12(18-2)11(9-10)13(16)15(7-8-15)14(17)19-3/h5-6,9H,4,7-8H2,1-3H3. The van der Waals surface area contributed by atoms with E-state index in [0.717, 1.165) is 12.0 Å². The Bertz CT molecular complexity index is 515. The van der Waals surface area contributed by atoms with Gasteiger partial charge in [0.2, 0.25) is 0 Å². The highest BCUT2D eigenvalue weighted by Gasteiger charge is 2.58. The molecule has 0 N–H and O–H groups in total. The molecule has 102 valence electrons. The quantitative estimate of drug-likeness (QED) is 0.464. The molecular formula is C15H18O4. The summed E-state index contributed by atoms with van der Waals surface area (Å²) in [5.41, 5.74) is 0.545. The first-order chi connectivity index (χ1) is 9.08. The van der Waals surface area contributed by atoms with Crippen LogP contribution in [0.1, 0.15) is 35.7 Å². The van der Waals surface area contributed by atoms with E-state index in [1.807, 2.05) is 19.1 Å². The number of aryl methyl sites for hydroxylation is 1. The summed E-state index contributed by atoms with van der Waals surface area (Å²) in [6.07, 6.45) is 1.94. The van der Waals surface area contributed by atoms with Crippen molar-refractivity contribution < 1.29 is 19.1 Å². The minimum Gasteiger partial charge on any atom is -0.496 e. The molecule has 1 saturated carbocycles. The van der Waals surface area contributed by atoms with Gasteiger partial charge in [0, 0.05) is 0 Å². The van der Waals surface area contributed by atoms with E-state index in [1.165, 1.54) is 14.2 Å². The highest BCUT2D eigenvalue weighted by atomic mass is 16.5. The molecule has 0 unspecified atom stereocenters. The Balaban J connectivity index is 2.41. The first-order valence-electron chi connectivity index (χ1n) is 6.39. The highest BCUT2D eigenvalue weighted by molar-refractivity contribution is 6.16. The topological polar surface area (TPSA) is 52.6 Å². The average molecular weight is 262 g/mol. The summed E-state index contributed by atoms with van der Waals surface area (Å²) in [4.78, 5) is 24.4. The van der Waals surface area contributed by atoms with Crippen molar-refractivity contribution in [1.82, 2.24) is 0 Å². The molecule has 2 rings (SSSR count). The van der Waals surface area contributed by atoms with Gasteiger partial charge in [-0.25, -0.2) is 0 Å². The number of Topliss-reactive ketones (excluding diaryl/α,β-unsaturated/α-hetero) is 1. The molecule has 0 amide bonds. The molecule has 0 atom stereocenters. The Morgan fingerprint density at radius 2 is 1.95 bits per heavy atom. The molecule has 1 aromatic rings. The Hall–Kier alpha value is -1.84. The third-order valence-electron chi connectivity index (χ3n) is 3.68. The number of hydrogen-bond acceptors (Lipinski definition) is 4. The lowest BCUT2D eigenvalue weighted by Gasteiger charge is -2.14. The predicted molar refractivity (Wildman–Crippen MR) is 70.4 cm³/mol. The summed E-state index contributed by atoms with van der Waals surface area (Å²) in [5.74, 6) is -0.120. The second kappa shape index (κ2) is 5.03. The van der Waals surface area contributed by atoms with Crippen LogP contribution in [0.4, 0.5) is 0 Å². The second-order valence-corrected chi connectivity index (χ2v) is 4.79. The van der Waals surface area contributed by atoms with Crippen LogP contribution in [0.2, 0.25) is 0 Å². The van der Waals surface area contributed by atoms with Gasteiger partial charge in [-0.1, -0.05) is 13.0 Å². The molecule has 0 bridgehead atoms. The van der Waals surface area contributed by atoms with Crippen molar-refractivity contribution in [2.45, 2.75) is 26.2 Å². The Morgan fingerprint density at radius 3 is 2.42 bits per heavy atom. The largest absolute Gasteiger partial charge is 0.496 e. The Labute approximate surface area is 112 Å². The molecule has 1 aliphatic carbocycles. The van der Waals surface area contributed by atoms with Crippen molar-refractivity contribution in [2.75, 3.05) is 14.2 Å². The van der Waals surface area contributed by atoms with E-state index in [9.17, 15) is 9.59 Å². The first-order valence-corrected chi connectivity index (χ1v) is 6.39. The molecule has 4 nitrogen and oxygen atoms in total. The highest BCUT2D eigenvalue weighted by Crippen LogP contribution is 2.50. The number of rotatable bonds is 5. The van der Waals surface area contributed by atoms with Gasteiger partial charge in [-0.05, 0) is 37.0 Å². The average Bonchev–Trinajstić information content (AvgIpc) is 3.26. The van der Waals surface area contributed by atoms with Crippen molar-refractivity contribution in [3.8, 4) is 5.75 Å². The second-order valence-electron chi connectivity index (χ2n) is 4.79. The summed E-state index contributed by atoms with van der Waals surface area (Å²) in [5, 5.41) is 0. The maximum Gasteiger partial charge on any atom is 0.319 e. The normalized spacial score (nSPS) is 15.7. The van der Waals surface area contributed by atoms with Gasteiger partial charge < -0.3 is 9.47 Å². The maximum absolute atomic E-state index is 12.6. The van der Waals surface area contributed by atoms with Crippen LogP contribution in [0.3, 0.4) is 0 Å². The number of methoxy groups -OCH3 is 2. The summed E-state index contributed by atoms with van der Waals surface area (Å²) < 4.78 is 9.98. The third kappa shape index (κ3) is 2.23. The van der Waals surface area contributed by atoms with E-state index in [2.05, 4.69) is 0 Å². The summed E-state index contributed by atoms with van der Waals surface area (Å²) >= 11 is 0. The van der Waals surface area contributed by atoms with Gasteiger partial charge in [0.25, 0.3) is 0 Å². The Kier molecular flexibility index (Phi) is 3.60. The fourth-order valence-electron chi connectivity index (χ4n) is 2.25. The zero-order valence-corrected chi connectivity index (χ0v) is 11.5. The molecule has 4 heteroatoms. The lowest BCUT2D eigenvalue weighted by atomic mass is 9.92. The lowest BCUT2D eigenvalue weighted by molar-refractivity contribution is -0.145. The van der Waals surface area contributed by atoms with Crippen LogP contribution in [0.25, 0.3) is 0 Å². The molecular weight excluding hydrogens is 244 g/mol. The third-order valence-corrected chi connectivity index (χ3v) is 3.68. The molecule has 0 aromatic heterocycles. The van der Waals surface area contributed by atoms with Crippen molar-refractivity contribution in [3.05, 3.63) is 29.3 Å². The van der Waals surface area contributed by atoms with E-state index < -0.39 is 11.4 Å². The van der Waals surface area contributed by atoms with Gasteiger partial charge in [0.15, 0.2) is 5.78 Å². The lowest BCUT2D eigenvalue weighted by Crippen LogP contribution is -2.27. The zero-order valence-electron chi connectivity index (χ0n) is 11.5. The number of hydrogen-bond donors (Lipinski definition) is 0. The van der Waals surface area contributed by atoms with Gasteiger partial charge in [0.05, 0.1) is 19.8 Å². The van der Waals surface area contributed by atoms with Crippen LogP contribution in [0.15, 0.2) is 18.2 Å². The smallest absolute Gasteiger partial charge is 0.319 e. The van der Waals surface area contributed by atoms with Crippen LogP contribution in [-0.2, 0) is 16.0 Å². The minimum absolute atomic E-state index is 0.188.